The summed E-state index contributed by atoms with van der Waals surface area (Å²) in [7, 11) is 1.76. The fourth-order valence-electron chi connectivity index (χ4n) is 4.23. The van der Waals surface area contributed by atoms with Crippen LogP contribution in [0.1, 0.15) is 39.3 Å². The van der Waals surface area contributed by atoms with Crippen molar-refractivity contribution in [1.82, 2.24) is 14.5 Å². The maximum Gasteiger partial charge on any atom is 0.262 e. The molecule has 0 unspecified atom stereocenters. The summed E-state index contributed by atoms with van der Waals surface area (Å²) in [5.41, 5.74) is 3.78. The summed E-state index contributed by atoms with van der Waals surface area (Å²) in [6, 6.07) is 7.84. The van der Waals surface area contributed by atoms with Crippen LogP contribution in [0.2, 0.25) is 0 Å². The van der Waals surface area contributed by atoms with E-state index in [2.05, 4.69) is 4.98 Å². The number of ketones is 1. The number of aromatic nitrogens is 3. The summed E-state index contributed by atoms with van der Waals surface area (Å²) in [5.74, 6) is 0.296. The molecular formula is C22H21N3O2S2. The van der Waals surface area contributed by atoms with E-state index in [4.69, 9.17) is 4.98 Å². The van der Waals surface area contributed by atoms with Crippen molar-refractivity contribution in [2.75, 3.05) is 5.75 Å². The van der Waals surface area contributed by atoms with Gasteiger partial charge < -0.3 is 4.98 Å². The second-order valence-electron chi connectivity index (χ2n) is 7.53. The Bertz CT molecular complexity index is 1330. The SMILES string of the molecule is Cc1[nH]c2ccccc2c1C(=O)CSc1nc2sc3c(c2c(=O)n1C)CCCC3. The average molecular weight is 424 g/mol. The highest BCUT2D eigenvalue weighted by molar-refractivity contribution is 7.99. The first-order valence-corrected chi connectivity index (χ1v) is 11.6. The Morgan fingerprint density at radius 3 is 2.93 bits per heavy atom. The summed E-state index contributed by atoms with van der Waals surface area (Å²) >= 11 is 2.99. The molecule has 29 heavy (non-hydrogen) atoms. The third-order valence-electron chi connectivity index (χ3n) is 5.66. The number of H-pyrrole nitrogens is 1. The number of nitrogens with zero attached hydrogens (tertiary/aromatic N) is 2. The van der Waals surface area contributed by atoms with Crippen LogP contribution in [0.5, 0.6) is 0 Å². The van der Waals surface area contributed by atoms with Crippen LogP contribution in [-0.4, -0.2) is 26.1 Å². The van der Waals surface area contributed by atoms with Crippen LogP contribution in [0.3, 0.4) is 0 Å². The van der Waals surface area contributed by atoms with E-state index in [-0.39, 0.29) is 17.1 Å². The number of nitrogens with one attached hydrogen (secondary N) is 1. The second kappa shape index (κ2) is 7.15. The van der Waals surface area contributed by atoms with Crippen molar-refractivity contribution in [3.63, 3.8) is 0 Å². The predicted molar refractivity (Wildman–Crippen MR) is 120 cm³/mol. The van der Waals surface area contributed by atoms with Crippen LogP contribution in [0, 0.1) is 6.92 Å². The molecule has 1 aliphatic carbocycles. The molecule has 1 N–H and O–H groups in total. The van der Waals surface area contributed by atoms with Crippen molar-refractivity contribution in [3.8, 4) is 0 Å². The van der Waals surface area contributed by atoms with Gasteiger partial charge in [0.15, 0.2) is 10.9 Å². The number of thioether (sulfide) groups is 1. The molecule has 0 radical (unpaired) electrons. The zero-order chi connectivity index (χ0) is 20.1. The van der Waals surface area contributed by atoms with E-state index >= 15 is 0 Å². The van der Waals surface area contributed by atoms with Gasteiger partial charge in [-0.15, -0.1) is 11.3 Å². The molecule has 1 aromatic carbocycles. The molecule has 0 fully saturated rings. The lowest BCUT2D eigenvalue weighted by atomic mass is 9.97. The molecule has 0 saturated carbocycles. The number of aryl methyl sites for hydroxylation is 3. The number of Topliss-reactive ketones (excluding diaryl/α,β-unsaturated/α-hetero) is 1. The highest BCUT2D eigenvalue weighted by Gasteiger charge is 2.22. The number of aromatic amines is 1. The number of fused-ring (bicyclic) bond motifs is 4. The fraction of sp³-hybridized carbons (Fsp3) is 0.318. The standard InChI is InChI=1S/C22H21N3O2S2/c1-12-18(13-7-3-5-9-15(13)23-12)16(26)11-28-22-24-20-19(21(27)25(22)2)14-8-4-6-10-17(14)29-20/h3,5,7,9,23H,4,6,8,10-11H2,1-2H3. The first-order valence-electron chi connectivity index (χ1n) is 9.79. The van der Waals surface area contributed by atoms with Gasteiger partial charge in [-0.2, -0.15) is 0 Å². The van der Waals surface area contributed by atoms with E-state index in [0.717, 1.165) is 51.6 Å². The van der Waals surface area contributed by atoms with Gasteiger partial charge in [0, 0.05) is 34.1 Å². The summed E-state index contributed by atoms with van der Waals surface area (Å²) in [6.07, 6.45) is 4.33. The summed E-state index contributed by atoms with van der Waals surface area (Å²) in [5, 5.41) is 2.33. The third kappa shape index (κ3) is 3.04. The van der Waals surface area contributed by atoms with Gasteiger partial charge in [-0.05, 0) is 44.2 Å². The van der Waals surface area contributed by atoms with Crippen molar-refractivity contribution in [2.45, 2.75) is 37.8 Å². The Kier molecular flexibility index (Phi) is 4.59. The maximum atomic E-state index is 13.0. The van der Waals surface area contributed by atoms with E-state index < -0.39 is 0 Å². The molecule has 0 aliphatic heterocycles. The number of hydrogen-bond donors (Lipinski definition) is 1. The minimum Gasteiger partial charge on any atom is -0.358 e. The zero-order valence-corrected chi connectivity index (χ0v) is 18.0. The molecule has 5 nitrogen and oxygen atoms in total. The predicted octanol–water partition coefficient (Wildman–Crippen LogP) is 4.64. The average Bonchev–Trinajstić information content (AvgIpc) is 3.26. The van der Waals surface area contributed by atoms with Gasteiger partial charge in [0.05, 0.1) is 11.1 Å². The van der Waals surface area contributed by atoms with E-state index in [1.54, 1.807) is 23.0 Å². The number of thiophene rings is 1. The summed E-state index contributed by atoms with van der Waals surface area (Å²) in [4.78, 5) is 36.2. The number of benzene rings is 1. The Labute approximate surface area is 176 Å². The van der Waals surface area contributed by atoms with Gasteiger partial charge in [-0.1, -0.05) is 30.0 Å². The molecular weight excluding hydrogens is 402 g/mol. The molecule has 148 valence electrons. The van der Waals surface area contributed by atoms with Crippen molar-refractivity contribution in [1.29, 1.82) is 0 Å². The minimum absolute atomic E-state index is 0.00706. The van der Waals surface area contributed by atoms with Gasteiger partial charge in [0.1, 0.15) is 4.83 Å². The molecule has 0 amide bonds. The quantitative estimate of drug-likeness (QED) is 0.295. The van der Waals surface area contributed by atoms with Crippen LogP contribution in [0.25, 0.3) is 21.1 Å². The van der Waals surface area contributed by atoms with Gasteiger partial charge >= 0.3 is 0 Å². The molecule has 0 spiro atoms. The number of rotatable bonds is 4. The van der Waals surface area contributed by atoms with E-state index in [0.29, 0.717) is 5.16 Å². The molecule has 0 atom stereocenters. The molecule has 0 bridgehead atoms. The molecule has 0 saturated heterocycles. The number of carbonyl (C=O) groups is 1. The van der Waals surface area contributed by atoms with Gasteiger partial charge in [-0.3, -0.25) is 14.2 Å². The highest BCUT2D eigenvalue weighted by atomic mass is 32.2. The number of hydrogen-bond acceptors (Lipinski definition) is 5. The van der Waals surface area contributed by atoms with E-state index in [1.807, 2.05) is 31.2 Å². The van der Waals surface area contributed by atoms with Gasteiger partial charge in [-0.25, -0.2) is 4.98 Å². The van der Waals surface area contributed by atoms with E-state index in [1.165, 1.54) is 28.6 Å². The molecule has 3 aromatic heterocycles. The normalized spacial score (nSPS) is 13.9. The lowest BCUT2D eigenvalue weighted by molar-refractivity contribution is 0.102. The van der Waals surface area contributed by atoms with Crippen molar-refractivity contribution < 1.29 is 4.79 Å². The zero-order valence-electron chi connectivity index (χ0n) is 16.4. The summed E-state index contributed by atoms with van der Waals surface area (Å²) in [6.45, 7) is 1.92. The summed E-state index contributed by atoms with van der Waals surface area (Å²) < 4.78 is 1.60. The fourth-order valence-corrected chi connectivity index (χ4v) is 6.38. The van der Waals surface area contributed by atoms with Crippen LogP contribution >= 0.6 is 23.1 Å². The first-order chi connectivity index (χ1) is 14.0. The Morgan fingerprint density at radius 1 is 1.28 bits per heavy atom. The number of para-hydroxylation sites is 1. The first kappa shape index (κ1) is 18.6. The Hall–Kier alpha value is -2.38. The van der Waals surface area contributed by atoms with Gasteiger partial charge in [0.2, 0.25) is 0 Å². The lowest BCUT2D eigenvalue weighted by Crippen LogP contribution is -2.21. The third-order valence-corrected chi connectivity index (χ3v) is 7.88. The van der Waals surface area contributed by atoms with Crippen molar-refractivity contribution in [3.05, 3.63) is 56.3 Å². The van der Waals surface area contributed by atoms with Crippen LogP contribution in [-0.2, 0) is 19.9 Å². The monoisotopic (exact) mass is 423 g/mol. The molecule has 1 aliphatic rings. The van der Waals surface area contributed by atoms with Crippen molar-refractivity contribution >= 4 is 50.0 Å². The van der Waals surface area contributed by atoms with E-state index in [9.17, 15) is 9.59 Å². The largest absolute Gasteiger partial charge is 0.358 e. The maximum absolute atomic E-state index is 13.0. The smallest absolute Gasteiger partial charge is 0.262 e. The highest BCUT2D eigenvalue weighted by Crippen LogP contribution is 2.34. The van der Waals surface area contributed by atoms with Crippen LogP contribution < -0.4 is 5.56 Å². The topological polar surface area (TPSA) is 67.8 Å². The molecule has 7 heteroatoms. The van der Waals surface area contributed by atoms with Crippen LogP contribution in [0.15, 0.2) is 34.2 Å². The second-order valence-corrected chi connectivity index (χ2v) is 9.56. The molecule has 3 heterocycles. The Balaban J connectivity index is 1.47. The van der Waals surface area contributed by atoms with Crippen LogP contribution in [0.4, 0.5) is 0 Å². The van der Waals surface area contributed by atoms with Crippen molar-refractivity contribution in [2.24, 2.45) is 7.05 Å². The Morgan fingerprint density at radius 2 is 2.07 bits per heavy atom. The number of carbonyl (C=O) groups excluding carboxylic acids is 1. The minimum atomic E-state index is 0.00706. The molecule has 4 aromatic rings. The lowest BCUT2D eigenvalue weighted by Gasteiger charge is -2.10. The molecule has 5 rings (SSSR count). The van der Waals surface area contributed by atoms with Gasteiger partial charge in [0.25, 0.3) is 5.56 Å².